The van der Waals surface area contributed by atoms with Crippen LogP contribution in [0.3, 0.4) is 0 Å². The Morgan fingerprint density at radius 2 is 1.84 bits per heavy atom. The van der Waals surface area contributed by atoms with E-state index in [1.54, 1.807) is 19.3 Å². The second-order valence-corrected chi connectivity index (χ2v) is 7.54. The second kappa shape index (κ2) is 9.23. The Kier molecular flexibility index (Phi) is 6.05. The Morgan fingerprint density at radius 3 is 2.59 bits per heavy atom. The zero-order chi connectivity index (χ0) is 22.5. The zero-order valence-electron chi connectivity index (χ0n) is 18.0. The number of anilines is 1. The highest BCUT2D eigenvalue weighted by molar-refractivity contribution is 6.11. The van der Waals surface area contributed by atoms with Crippen molar-refractivity contribution in [3.05, 3.63) is 101 Å². The van der Waals surface area contributed by atoms with Crippen LogP contribution in [0.4, 0.5) is 5.69 Å². The van der Waals surface area contributed by atoms with Crippen molar-refractivity contribution in [2.75, 3.05) is 12.4 Å². The number of para-hydroxylation sites is 1. The molecule has 0 unspecified atom stereocenters. The quantitative estimate of drug-likeness (QED) is 0.328. The maximum Gasteiger partial charge on any atom is 0.266 e. The van der Waals surface area contributed by atoms with E-state index in [4.69, 9.17) is 4.74 Å². The van der Waals surface area contributed by atoms with Crippen molar-refractivity contribution < 1.29 is 9.53 Å². The lowest BCUT2D eigenvalue weighted by Crippen LogP contribution is -2.14. The summed E-state index contributed by atoms with van der Waals surface area (Å²) in [6, 6.07) is 25.7. The normalized spacial score (nSPS) is 11.2. The number of amides is 1. The molecule has 4 aromatic rings. The predicted octanol–water partition coefficient (Wildman–Crippen LogP) is 5.55. The maximum absolute atomic E-state index is 12.9. The Hall–Kier alpha value is -4.30. The largest absolute Gasteiger partial charge is 0.495 e. The molecule has 5 heteroatoms. The number of benzene rings is 3. The number of ether oxygens (including phenoxy) is 1. The van der Waals surface area contributed by atoms with Crippen molar-refractivity contribution in [3.63, 3.8) is 0 Å². The number of aryl methyl sites for hydroxylation is 1. The van der Waals surface area contributed by atoms with Crippen molar-refractivity contribution >= 4 is 28.6 Å². The number of hydrogen-bond acceptors (Lipinski definition) is 3. The monoisotopic (exact) mass is 421 g/mol. The van der Waals surface area contributed by atoms with Gasteiger partial charge >= 0.3 is 0 Å². The molecule has 1 heterocycles. The first-order valence-electron chi connectivity index (χ1n) is 10.3. The van der Waals surface area contributed by atoms with Crippen LogP contribution < -0.4 is 10.1 Å². The van der Waals surface area contributed by atoms with E-state index < -0.39 is 5.91 Å². The smallest absolute Gasteiger partial charge is 0.266 e. The molecule has 1 aromatic heterocycles. The molecule has 1 amide bonds. The van der Waals surface area contributed by atoms with E-state index in [9.17, 15) is 10.1 Å². The minimum Gasteiger partial charge on any atom is -0.495 e. The van der Waals surface area contributed by atoms with Gasteiger partial charge in [-0.05, 0) is 42.3 Å². The van der Waals surface area contributed by atoms with Gasteiger partial charge < -0.3 is 14.6 Å². The summed E-state index contributed by atoms with van der Waals surface area (Å²) in [6.07, 6.45) is 3.62. The van der Waals surface area contributed by atoms with Crippen LogP contribution in [-0.4, -0.2) is 17.6 Å². The fourth-order valence-electron chi connectivity index (χ4n) is 3.71. The topological polar surface area (TPSA) is 67.0 Å². The summed E-state index contributed by atoms with van der Waals surface area (Å²) in [4.78, 5) is 12.9. The molecule has 1 N–H and O–H groups in total. The Labute approximate surface area is 187 Å². The molecule has 5 nitrogen and oxygen atoms in total. The van der Waals surface area contributed by atoms with Crippen LogP contribution in [0.5, 0.6) is 5.75 Å². The number of carbonyl (C=O) groups is 1. The number of hydrogen-bond donors (Lipinski definition) is 1. The lowest BCUT2D eigenvalue weighted by atomic mass is 10.1. The zero-order valence-corrected chi connectivity index (χ0v) is 18.0. The SMILES string of the molecule is COc1ccc(C)cc1NC(=O)/C(C#N)=C/c1cn(Cc2ccccc2)c2ccccc12. The fourth-order valence-corrected chi connectivity index (χ4v) is 3.71. The van der Waals surface area contributed by atoms with Gasteiger partial charge in [0.1, 0.15) is 17.4 Å². The molecule has 4 rings (SSSR count). The van der Waals surface area contributed by atoms with E-state index in [0.29, 0.717) is 18.0 Å². The van der Waals surface area contributed by atoms with Crippen LogP contribution in [0.2, 0.25) is 0 Å². The molecule has 0 fully saturated rings. The van der Waals surface area contributed by atoms with Crippen LogP contribution in [-0.2, 0) is 11.3 Å². The number of nitrogens with one attached hydrogen (secondary N) is 1. The van der Waals surface area contributed by atoms with Crippen molar-refractivity contribution in [1.29, 1.82) is 5.26 Å². The maximum atomic E-state index is 12.9. The van der Waals surface area contributed by atoms with E-state index in [-0.39, 0.29) is 5.57 Å². The third-order valence-corrected chi connectivity index (χ3v) is 5.28. The van der Waals surface area contributed by atoms with Crippen molar-refractivity contribution in [3.8, 4) is 11.8 Å². The summed E-state index contributed by atoms with van der Waals surface area (Å²) in [5.74, 6) is 0.0667. The van der Waals surface area contributed by atoms with Crippen molar-refractivity contribution in [2.45, 2.75) is 13.5 Å². The number of aromatic nitrogens is 1. The Bertz CT molecular complexity index is 1340. The van der Waals surface area contributed by atoms with Gasteiger partial charge in [-0.1, -0.05) is 54.6 Å². The number of nitrogens with zero attached hydrogens (tertiary/aromatic N) is 2. The van der Waals surface area contributed by atoms with Gasteiger partial charge in [0, 0.05) is 29.2 Å². The standard InChI is InChI=1S/C27H23N3O2/c1-19-12-13-26(32-2)24(14-19)29-27(31)21(16-28)15-22-18-30(17-20-8-4-3-5-9-20)25-11-7-6-10-23(22)25/h3-15,18H,17H2,1-2H3,(H,29,31)/b21-15+. The predicted molar refractivity (Wildman–Crippen MR) is 127 cm³/mol. The molecule has 0 saturated carbocycles. The summed E-state index contributed by atoms with van der Waals surface area (Å²) in [7, 11) is 1.54. The van der Waals surface area contributed by atoms with E-state index >= 15 is 0 Å². The van der Waals surface area contributed by atoms with E-state index in [1.807, 2.05) is 73.8 Å². The van der Waals surface area contributed by atoms with Crippen LogP contribution in [0.25, 0.3) is 17.0 Å². The molecule has 158 valence electrons. The number of methoxy groups -OCH3 is 1. The van der Waals surface area contributed by atoms with E-state index in [1.165, 1.54) is 5.56 Å². The lowest BCUT2D eigenvalue weighted by Gasteiger charge is -2.10. The first kappa shape index (κ1) is 21.0. The molecule has 0 spiro atoms. The van der Waals surface area contributed by atoms with Gasteiger partial charge in [0.2, 0.25) is 0 Å². The van der Waals surface area contributed by atoms with Crippen LogP contribution in [0.15, 0.2) is 84.6 Å². The number of nitriles is 1. The third-order valence-electron chi connectivity index (χ3n) is 5.28. The molecular weight excluding hydrogens is 398 g/mol. The van der Waals surface area contributed by atoms with Crippen molar-refractivity contribution in [1.82, 2.24) is 4.57 Å². The van der Waals surface area contributed by atoms with Gasteiger partial charge in [-0.15, -0.1) is 0 Å². The first-order chi connectivity index (χ1) is 15.6. The summed E-state index contributed by atoms with van der Waals surface area (Å²) in [6.45, 7) is 2.63. The van der Waals surface area contributed by atoms with Crippen LogP contribution >= 0.6 is 0 Å². The summed E-state index contributed by atoms with van der Waals surface area (Å²) < 4.78 is 7.46. The van der Waals surface area contributed by atoms with Gasteiger partial charge in [-0.2, -0.15) is 5.26 Å². The third kappa shape index (κ3) is 4.40. The summed E-state index contributed by atoms with van der Waals surface area (Å²) in [5, 5.41) is 13.5. The molecule has 0 aliphatic rings. The number of fused-ring (bicyclic) bond motifs is 1. The van der Waals surface area contributed by atoms with Gasteiger partial charge in [0.15, 0.2) is 0 Å². The van der Waals surface area contributed by atoms with E-state index in [2.05, 4.69) is 22.0 Å². The minimum absolute atomic E-state index is 0.0242. The van der Waals surface area contributed by atoms with Gasteiger partial charge in [-0.25, -0.2) is 0 Å². The lowest BCUT2D eigenvalue weighted by molar-refractivity contribution is -0.112. The van der Waals surface area contributed by atoms with Crippen molar-refractivity contribution in [2.24, 2.45) is 0 Å². The highest BCUT2D eigenvalue weighted by Gasteiger charge is 2.15. The molecule has 0 radical (unpaired) electrons. The molecule has 0 saturated heterocycles. The molecule has 3 aromatic carbocycles. The van der Waals surface area contributed by atoms with Gasteiger partial charge in [0.05, 0.1) is 12.8 Å². The molecule has 0 aliphatic heterocycles. The molecule has 0 bridgehead atoms. The highest BCUT2D eigenvalue weighted by Crippen LogP contribution is 2.27. The summed E-state index contributed by atoms with van der Waals surface area (Å²) >= 11 is 0. The number of rotatable bonds is 6. The molecule has 32 heavy (non-hydrogen) atoms. The summed E-state index contributed by atoms with van der Waals surface area (Å²) in [5.41, 5.74) is 4.57. The average molecular weight is 422 g/mol. The number of carbonyl (C=O) groups excluding carboxylic acids is 1. The first-order valence-corrected chi connectivity index (χ1v) is 10.3. The van der Waals surface area contributed by atoms with Crippen LogP contribution in [0.1, 0.15) is 16.7 Å². The highest BCUT2D eigenvalue weighted by atomic mass is 16.5. The molecule has 0 aliphatic carbocycles. The average Bonchev–Trinajstić information content (AvgIpc) is 3.15. The molecular formula is C27H23N3O2. The minimum atomic E-state index is -0.476. The van der Waals surface area contributed by atoms with Gasteiger partial charge in [-0.3, -0.25) is 4.79 Å². The second-order valence-electron chi connectivity index (χ2n) is 7.54. The van der Waals surface area contributed by atoms with Gasteiger partial charge in [0.25, 0.3) is 5.91 Å². The van der Waals surface area contributed by atoms with Crippen LogP contribution in [0, 0.1) is 18.3 Å². The Morgan fingerprint density at radius 1 is 1.09 bits per heavy atom. The fraction of sp³-hybridized carbons (Fsp3) is 0.111. The Balaban J connectivity index is 1.69. The molecule has 0 atom stereocenters. The van der Waals surface area contributed by atoms with E-state index in [0.717, 1.165) is 22.0 Å².